The van der Waals surface area contributed by atoms with Crippen LogP contribution in [0.3, 0.4) is 0 Å². The van der Waals surface area contributed by atoms with Gasteiger partial charge in [0.05, 0.1) is 0 Å². The Bertz CT molecular complexity index is 402. The van der Waals surface area contributed by atoms with E-state index in [2.05, 4.69) is 55.4 Å². The van der Waals surface area contributed by atoms with E-state index in [1.54, 1.807) is 0 Å². The van der Waals surface area contributed by atoms with Crippen LogP contribution in [-0.4, -0.2) is 19.6 Å². The van der Waals surface area contributed by atoms with Crippen molar-refractivity contribution in [2.45, 2.75) is 58.5 Å². The SMILES string of the molecule is CCCNCc1ccccc1N(C)C1CCCCC1C. The van der Waals surface area contributed by atoms with E-state index >= 15 is 0 Å². The summed E-state index contributed by atoms with van der Waals surface area (Å²) < 4.78 is 0. The number of para-hydroxylation sites is 1. The lowest BCUT2D eigenvalue weighted by atomic mass is 9.84. The van der Waals surface area contributed by atoms with Crippen LogP contribution in [-0.2, 0) is 6.54 Å². The Balaban J connectivity index is 2.09. The van der Waals surface area contributed by atoms with E-state index in [9.17, 15) is 0 Å². The number of rotatable bonds is 6. The maximum Gasteiger partial charge on any atom is 0.0411 e. The molecule has 0 bridgehead atoms. The third-order valence-corrected chi connectivity index (χ3v) is 4.68. The molecular weight excluding hydrogens is 244 g/mol. The highest BCUT2D eigenvalue weighted by atomic mass is 15.1. The van der Waals surface area contributed by atoms with Gasteiger partial charge >= 0.3 is 0 Å². The van der Waals surface area contributed by atoms with Crippen molar-refractivity contribution in [3.63, 3.8) is 0 Å². The number of nitrogens with zero attached hydrogens (tertiary/aromatic N) is 1. The maximum atomic E-state index is 3.53. The highest BCUT2D eigenvalue weighted by Crippen LogP contribution is 2.31. The van der Waals surface area contributed by atoms with Crippen LogP contribution in [0.2, 0.25) is 0 Å². The van der Waals surface area contributed by atoms with Crippen LogP contribution < -0.4 is 10.2 Å². The standard InChI is InChI=1S/C18H30N2/c1-4-13-19-14-16-10-6-8-12-18(16)20(3)17-11-7-5-9-15(17)2/h6,8,10,12,15,17,19H,4-5,7,9,11,13-14H2,1-3H3. The summed E-state index contributed by atoms with van der Waals surface area (Å²) in [6.07, 6.45) is 6.71. The lowest BCUT2D eigenvalue weighted by Gasteiger charge is -2.38. The molecule has 0 saturated heterocycles. The van der Waals surface area contributed by atoms with Crippen molar-refractivity contribution < 1.29 is 0 Å². The molecule has 1 aromatic rings. The minimum Gasteiger partial charge on any atom is -0.371 e. The molecule has 0 heterocycles. The number of hydrogen-bond acceptors (Lipinski definition) is 2. The molecular formula is C18H30N2. The predicted octanol–water partition coefficient (Wildman–Crippen LogP) is 4.20. The van der Waals surface area contributed by atoms with Crippen LogP contribution in [0.15, 0.2) is 24.3 Å². The number of nitrogens with one attached hydrogen (secondary N) is 1. The van der Waals surface area contributed by atoms with Gasteiger partial charge in [-0.2, -0.15) is 0 Å². The van der Waals surface area contributed by atoms with Gasteiger partial charge in [-0.3, -0.25) is 0 Å². The first-order chi connectivity index (χ1) is 9.74. The lowest BCUT2D eigenvalue weighted by molar-refractivity contribution is 0.321. The molecule has 112 valence electrons. The van der Waals surface area contributed by atoms with E-state index in [4.69, 9.17) is 0 Å². The Morgan fingerprint density at radius 3 is 2.70 bits per heavy atom. The minimum atomic E-state index is 0.705. The van der Waals surface area contributed by atoms with Crippen molar-refractivity contribution in [1.82, 2.24) is 5.32 Å². The summed E-state index contributed by atoms with van der Waals surface area (Å²) in [5.41, 5.74) is 2.84. The quantitative estimate of drug-likeness (QED) is 0.782. The van der Waals surface area contributed by atoms with Crippen molar-refractivity contribution in [3.8, 4) is 0 Å². The molecule has 2 atom stereocenters. The smallest absolute Gasteiger partial charge is 0.0411 e. The summed E-state index contributed by atoms with van der Waals surface area (Å²) in [5, 5.41) is 3.53. The molecule has 20 heavy (non-hydrogen) atoms. The average molecular weight is 274 g/mol. The van der Waals surface area contributed by atoms with Crippen LogP contribution in [0.4, 0.5) is 5.69 Å². The summed E-state index contributed by atoms with van der Waals surface area (Å²) in [6, 6.07) is 9.58. The van der Waals surface area contributed by atoms with Gasteiger partial charge in [0.25, 0.3) is 0 Å². The van der Waals surface area contributed by atoms with Gasteiger partial charge < -0.3 is 10.2 Å². The molecule has 1 aliphatic carbocycles. The average Bonchev–Trinajstić information content (AvgIpc) is 2.48. The second kappa shape index (κ2) is 7.68. The molecule has 1 aliphatic rings. The fourth-order valence-electron chi connectivity index (χ4n) is 3.45. The van der Waals surface area contributed by atoms with Crippen LogP contribution in [0, 0.1) is 5.92 Å². The predicted molar refractivity (Wildman–Crippen MR) is 88.3 cm³/mol. The third kappa shape index (κ3) is 3.76. The Labute approximate surface area is 124 Å². The fraction of sp³-hybridized carbons (Fsp3) is 0.667. The monoisotopic (exact) mass is 274 g/mol. The van der Waals surface area contributed by atoms with Gasteiger partial charge in [-0.05, 0) is 43.4 Å². The van der Waals surface area contributed by atoms with Crippen LogP contribution in [0.1, 0.15) is 51.5 Å². The van der Waals surface area contributed by atoms with Gasteiger partial charge in [0.1, 0.15) is 0 Å². The van der Waals surface area contributed by atoms with Crippen molar-refractivity contribution in [2.75, 3.05) is 18.5 Å². The number of benzene rings is 1. The molecule has 0 amide bonds. The van der Waals surface area contributed by atoms with Crippen LogP contribution >= 0.6 is 0 Å². The second-order valence-electron chi connectivity index (χ2n) is 6.25. The Hall–Kier alpha value is -1.02. The molecule has 2 unspecified atom stereocenters. The molecule has 2 rings (SSSR count). The van der Waals surface area contributed by atoms with Crippen LogP contribution in [0.25, 0.3) is 0 Å². The molecule has 1 fully saturated rings. The van der Waals surface area contributed by atoms with Gasteiger partial charge in [0, 0.05) is 25.3 Å². The Morgan fingerprint density at radius 1 is 1.20 bits per heavy atom. The summed E-state index contributed by atoms with van der Waals surface area (Å²) in [7, 11) is 2.28. The number of hydrogen-bond donors (Lipinski definition) is 1. The summed E-state index contributed by atoms with van der Waals surface area (Å²) >= 11 is 0. The zero-order valence-corrected chi connectivity index (χ0v) is 13.4. The first-order valence-corrected chi connectivity index (χ1v) is 8.25. The normalized spacial score (nSPS) is 22.8. The van der Waals surface area contributed by atoms with Crippen LogP contribution in [0.5, 0.6) is 0 Å². The Morgan fingerprint density at radius 2 is 1.95 bits per heavy atom. The molecule has 1 aromatic carbocycles. The van der Waals surface area contributed by atoms with Crippen molar-refractivity contribution in [2.24, 2.45) is 5.92 Å². The molecule has 0 aliphatic heterocycles. The van der Waals surface area contributed by atoms with Gasteiger partial charge in [-0.15, -0.1) is 0 Å². The first-order valence-electron chi connectivity index (χ1n) is 8.25. The summed E-state index contributed by atoms with van der Waals surface area (Å²) in [6.45, 7) is 6.71. The van der Waals surface area contributed by atoms with E-state index in [0.29, 0.717) is 6.04 Å². The van der Waals surface area contributed by atoms with E-state index in [1.165, 1.54) is 43.4 Å². The van der Waals surface area contributed by atoms with Gasteiger partial charge in [-0.25, -0.2) is 0 Å². The molecule has 2 heteroatoms. The molecule has 1 N–H and O–H groups in total. The zero-order valence-electron chi connectivity index (χ0n) is 13.4. The third-order valence-electron chi connectivity index (χ3n) is 4.68. The van der Waals surface area contributed by atoms with Crippen molar-refractivity contribution in [3.05, 3.63) is 29.8 Å². The number of anilines is 1. The van der Waals surface area contributed by atoms with Crippen molar-refractivity contribution >= 4 is 5.69 Å². The van der Waals surface area contributed by atoms with Gasteiger partial charge in [0.2, 0.25) is 0 Å². The molecule has 1 saturated carbocycles. The highest BCUT2D eigenvalue weighted by molar-refractivity contribution is 5.54. The van der Waals surface area contributed by atoms with Gasteiger partial charge in [-0.1, -0.05) is 44.9 Å². The molecule has 2 nitrogen and oxygen atoms in total. The second-order valence-corrected chi connectivity index (χ2v) is 6.25. The summed E-state index contributed by atoms with van der Waals surface area (Å²) in [4.78, 5) is 2.53. The lowest BCUT2D eigenvalue weighted by Crippen LogP contribution is -2.39. The first kappa shape index (κ1) is 15.4. The molecule has 0 aromatic heterocycles. The van der Waals surface area contributed by atoms with E-state index in [0.717, 1.165) is 19.0 Å². The van der Waals surface area contributed by atoms with Crippen molar-refractivity contribution in [1.29, 1.82) is 0 Å². The summed E-state index contributed by atoms with van der Waals surface area (Å²) in [5.74, 6) is 0.811. The maximum absolute atomic E-state index is 3.53. The van der Waals surface area contributed by atoms with Gasteiger partial charge in [0.15, 0.2) is 0 Å². The minimum absolute atomic E-state index is 0.705. The van der Waals surface area contributed by atoms with E-state index in [-0.39, 0.29) is 0 Å². The Kier molecular flexibility index (Phi) is 5.90. The van der Waals surface area contributed by atoms with E-state index in [1.807, 2.05) is 0 Å². The fourth-order valence-corrected chi connectivity index (χ4v) is 3.45. The molecule has 0 radical (unpaired) electrons. The highest BCUT2D eigenvalue weighted by Gasteiger charge is 2.25. The topological polar surface area (TPSA) is 15.3 Å². The molecule has 0 spiro atoms. The largest absolute Gasteiger partial charge is 0.371 e. The van der Waals surface area contributed by atoms with E-state index < -0.39 is 0 Å². The zero-order chi connectivity index (χ0) is 14.4.